The van der Waals surface area contributed by atoms with Gasteiger partial charge in [0.25, 0.3) is 5.69 Å². The maximum atomic E-state index is 11.3. The van der Waals surface area contributed by atoms with Crippen LogP contribution in [0.15, 0.2) is 77.9 Å². The van der Waals surface area contributed by atoms with Crippen LogP contribution in [0.4, 0.5) is 5.69 Å². The summed E-state index contributed by atoms with van der Waals surface area (Å²) in [5.41, 5.74) is 3.69. The van der Waals surface area contributed by atoms with Gasteiger partial charge in [0.05, 0.1) is 23.8 Å². The lowest BCUT2D eigenvalue weighted by Gasteiger charge is -2.38. The van der Waals surface area contributed by atoms with Gasteiger partial charge in [0.1, 0.15) is 11.5 Å². The van der Waals surface area contributed by atoms with Crippen LogP contribution < -0.4 is 9.47 Å². The Balaban J connectivity index is 1.59. The van der Waals surface area contributed by atoms with Crippen LogP contribution in [0.1, 0.15) is 35.4 Å². The fraction of sp³-hybridized carbons (Fsp3) is 0.174. The Morgan fingerprint density at radius 2 is 1.93 bits per heavy atom. The third kappa shape index (κ3) is 3.04. The van der Waals surface area contributed by atoms with Gasteiger partial charge in [-0.15, -0.1) is 0 Å². The van der Waals surface area contributed by atoms with E-state index in [9.17, 15) is 10.1 Å². The van der Waals surface area contributed by atoms with Crippen LogP contribution in [0.5, 0.6) is 11.5 Å². The molecule has 0 radical (unpaired) electrons. The number of benzene rings is 3. The van der Waals surface area contributed by atoms with Crippen LogP contribution in [0.25, 0.3) is 0 Å². The highest BCUT2D eigenvalue weighted by Crippen LogP contribution is 2.47. The number of ether oxygens (including phenoxy) is 2. The van der Waals surface area contributed by atoms with E-state index < -0.39 is 11.2 Å². The molecule has 2 unspecified atom stereocenters. The van der Waals surface area contributed by atoms with Crippen molar-refractivity contribution in [1.29, 1.82) is 0 Å². The lowest BCUT2D eigenvalue weighted by atomic mass is 9.96. The number of hydrazone groups is 1. The van der Waals surface area contributed by atoms with Crippen molar-refractivity contribution in [2.75, 3.05) is 7.11 Å². The number of fused-ring (bicyclic) bond motifs is 3. The van der Waals surface area contributed by atoms with Gasteiger partial charge in [0.15, 0.2) is 0 Å². The number of non-ortho nitro benzene ring substituents is 1. The number of nitro groups is 1. The van der Waals surface area contributed by atoms with Gasteiger partial charge in [-0.2, -0.15) is 5.10 Å². The van der Waals surface area contributed by atoms with Crippen LogP contribution in [0.2, 0.25) is 0 Å². The van der Waals surface area contributed by atoms with Gasteiger partial charge in [-0.3, -0.25) is 10.1 Å². The molecule has 0 saturated heterocycles. The zero-order valence-corrected chi connectivity index (χ0v) is 16.3. The number of nitrogens with zero attached hydrogens (tertiary/aromatic N) is 3. The summed E-state index contributed by atoms with van der Waals surface area (Å²) >= 11 is 0. The molecule has 0 fully saturated rings. The molecule has 0 saturated carbocycles. The van der Waals surface area contributed by atoms with Crippen LogP contribution >= 0.6 is 0 Å². The van der Waals surface area contributed by atoms with Crippen molar-refractivity contribution in [2.45, 2.75) is 18.7 Å². The Hall–Kier alpha value is -3.87. The molecule has 30 heavy (non-hydrogen) atoms. The maximum Gasteiger partial charge on any atom is 0.269 e. The molecule has 3 aromatic rings. The molecule has 0 spiro atoms. The summed E-state index contributed by atoms with van der Waals surface area (Å²) in [5.74, 6) is 1.55. The van der Waals surface area contributed by atoms with Crippen LogP contribution in [-0.4, -0.2) is 22.8 Å². The van der Waals surface area contributed by atoms with E-state index in [2.05, 4.69) is 0 Å². The second-order valence-corrected chi connectivity index (χ2v) is 7.24. The first-order chi connectivity index (χ1) is 14.6. The number of hydrogen-bond acceptors (Lipinski definition) is 6. The Labute approximate surface area is 173 Å². The summed E-state index contributed by atoms with van der Waals surface area (Å²) in [6.07, 6.45) is 0.159. The lowest BCUT2D eigenvalue weighted by molar-refractivity contribution is -0.385. The predicted octanol–water partition coefficient (Wildman–Crippen LogP) is 4.85. The normalized spacial score (nSPS) is 19.4. The first-order valence-electron chi connectivity index (χ1n) is 9.64. The average molecular weight is 401 g/mol. The molecule has 0 aromatic heterocycles. The third-order valence-corrected chi connectivity index (χ3v) is 5.47. The Morgan fingerprint density at radius 3 is 2.77 bits per heavy atom. The SMILES string of the molecule is COc1cccc(C2=NN3C(C2)c2ccccc2OC3c2cccc([N+](=O)[O-])c2)c1. The Kier molecular flexibility index (Phi) is 4.35. The van der Waals surface area contributed by atoms with Crippen molar-refractivity contribution in [2.24, 2.45) is 5.10 Å². The van der Waals surface area contributed by atoms with E-state index >= 15 is 0 Å². The standard InChI is InChI=1S/C23H19N3O4/c1-29-18-9-5-6-15(13-18)20-14-21-19-10-2-3-11-22(19)30-23(25(21)24-20)16-7-4-8-17(12-16)26(27)28/h2-13,21,23H,14H2,1H3. The summed E-state index contributed by atoms with van der Waals surface area (Å²) in [6, 6.07) is 22.2. The number of para-hydroxylation sites is 1. The summed E-state index contributed by atoms with van der Waals surface area (Å²) in [7, 11) is 1.64. The summed E-state index contributed by atoms with van der Waals surface area (Å²) < 4.78 is 11.6. The smallest absolute Gasteiger partial charge is 0.269 e. The first kappa shape index (κ1) is 18.2. The molecule has 2 aliphatic rings. The summed E-state index contributed by atoms with van der Waals surface area (Å²) in [4.78, 5) is 10.9. The molecule has 5 rings (SSSR count). The van der Waals surface area contributed by atoms with E-state index in [1.807, 2.05) is 59.6 Å². The second kappa shape index (κ2) is 7.18. The minimum Gasteiger partial charge on any atom is -0.497 e. The highest BCUT2D eigenvalue weighted by molar-refractivity contribution is 6.02. The van der Waals surface area contributed by atoms with Crippen molar-refractivity contribution < 1.29 is 14.4 Å². The van der Waals surface area contributed by atoms with E-state index in [-0.39, 0.29) is 11.7 Å². The number of nitro benzene ring substituents is 1. The van der Waals surface area contributed by atoms with Crippen molar-refractivity contribution in [3.63, 3.8) is 0 Å². The van der Waals surface area contributed by atoms with Gasteiger partial charge in [0, 0.05) is 35.2 Å². The average Bonchev–Trinajstić information content (AvgIpc) is 3.24. The first-order valence-corrected chi connectivity index (χ1v) is 9.64. The van der Waals surface area contributed by atoms with Crippen molar-refractivity contribution in [1.82, 2.24) is 5.01 Å². The minimum atomic E-state index is -0.548. The highest BCUT2D eigenvalue weighted by Gasteiger charge is 2.41. The predicted molar refractivity (Wildman–Crippen MR) is 112 cm³/mol. The molecule has 150 valence electrons. The van der Waals surface area contributed by atoms with E-state index in [0.29, 0.717) is 12.0 Å². The van der Waals surface area contributed by atoms with Crippen LogP contribution in [-0.2, 0) is 0 Å². The summed E-state index contributed by atoms with van der Waals surface area (Å²) in [5, 5.41) is 18.1. The van der Waals surface area contributed by atoms with Gasteiger partial charge in [0.2, 0.25) is 6.23 Å². The fourth-order valence-electron chi connectivity index (χ4n) is 4.02. The monoisotopic (exact) mass is 401 g/mol. The zero-order valence-electron chi connectivity index (χ0n) is 16.3. The number of methoxy groups -OCH3 is 1. The van der Waals surface area contributed by atoms with E-state index in [1.54, 1.807) is 19.2 Å². The lowest BCUT2D eigenvalue weighted by Crippen LogP contribution is -2.33. The molecule has 2 aliphatic heterocycles. The van der Waals surface area contributed by atoms with Crippen LogP contribution in [0, 0.1) is 10.1 Å². The molecule has 7 heteroatoms. The van der Waals surface area contributed by atoms with Crippen molar-refractivity contribution >= 4 is 11.4 Å². The third-order valence-electron chi connectivity index (χ3n) is 5.47. The Morgan fingerprint density at radius 1 is 1.10 bits per heavy atom. The molecule has 0 aliphatic carbocycles. The molecular formula is C23H19N3O4. The molecule has 3 aromatic carbocycles. The fourth-order valence-corrected chi connectivity index (χ4v) is 4.02. The quantitative estimate of drug-likeness (QED) is 0.462. The van der Waals surface area contributed by atoms with Gasteiger partial charge in [-0.1, -0.05) is 42.5 Å². The number of hydrogen-bond donors (Lipinski definition) is 0. The highest BCUT2D eigenvalue weighted by atomic mass is 16.6. The topological polar surface area (TPSA) is 77.2 Å². The molecule has 0 bridgehead atoms. The molecule has 0 N–H and O–H groups in total. The van der Waals surface area contributed by atoms with Gasteiger partial charge >= 0.3 is 0 Å². The van der Waals surface area contributed by atoms with Gasteiger partial charge in [-0.05, 0) is 18.2 Å². The van der Waals surface area contributed by atoms with E-state index in [4.69, 9.17) is 14.6 Å². The van der Waals surface area contributed by atoms with Gasteiger partial charge < -0.3 is 9.47 Å². The molecule has 7 nitrogen and oxygen atoms in total. The maximum absolute atomic E-state index is 11.3. The number of rotatable bonds is 4. The molecule has 0 amide bonds. The molecular weight excluding hydrogens is 382 g/mol. The van der Waals surface area contributed by atoms with E-state index in [0.717, 1.165) is 28.3 Å². The zero-order chi connectivity index (χ0) is 20.7. The van der Waals surface area contributed by atoms with Crippen molar-refractivity contribution in [3.8, 4) is 11.5 Å². The van der Waals surface area contributed by atoms with Crippen molar-refractivity contribution in [3.05, 3.63) is 99.6 Å². The Bertz CT molecular complexity index is 1160. The minimum absolute atomic E-state index is 0.0135. The van der Waals surface area contributed by atoms with E-state index in [1.165, 1.54) is 6.07 Å². The largest absolute Gasteiger partial charge is 0.497 e. The molecule has 2 heterocycles. The van der Waals surface area contributed by atoms with Crippen LogP contribution in [0.3, 0.4) is 0 Å². The summed E-state index contributed by atoms with van der Waals surface area (Å²) in [6.45, 7) is 0. The van der Waals surface area contributed by atoms with Gasteiger partial charge in [-0.25, -0.2) is 5.01 Å². The second-order valence-electron chi connectivity index (χ2n) is 7.24. The molecule has 2 atom stereocenters.